The molecule has 2 aromatic heterocycles. The molecule has 0 fully saturated rings. The molecular weight excluding hydrogens is 404 g/mol. The first-order valence-electron chi connectivity index (χ1n) is 10.4. The first-order chi connectivity index (χ1) is 15.4. The third-order valence-corrected chi connectivity index (χ3v) is 5.30. The number of para-hydroxylation sites is 1. The summed E-state index contributed by atoms with van der Waals surface area (Å²) < 4.78 is 5.20. The number of amides is 2. The number of pyridine rings is 1. The summed E-state index contributed by atoms with van der Waals surface area (Å²) in [5, 5.41) is 10.5. The third kappa shape index (κ3) is 4.51. The van der Waals surface area contributed by atoms with Crippen LogP contribution in [0.4, 0.5) is 5.69 Å². The second-order valence-electron chi connectivity index (χ2n) is 7.64. The Bertz CT molecular complexity index is 1270. The van der Waals surface area contributed by atoms with E-state index in [2.05, 4.69) is 15.8 Å². The zero-order chi connectivity index (χ0) is 22.7. The lowest BCUT2D eigenvalue weighted by atomic mass is 10.0. The Morgan fingerprint density at radius 2 is 1.78 bits per heavy atom. The summed E-state index contributed by atoms with van der Waals surface area (Å²) in [6, 6.07) is 16.8. The summed E-state index contributed by atoms with van der Waals surface area (Å²) in [7, 11) is 0. The van der Waals surface area contributed by atoms with Gasteiger partial charge < -0.3 is 15.2 Å². The number of nitrogens with one attached hydrogen (secondary N) is 2. The van der Waals surface area contributed by atoms with Gasteiger partial charge in [-0.3, -0.25) is 9.59 Å². The van der Waals surface area contributed by atoms with Gasteiger partial charge in [-0.15, -0.1) is 0 Å². The number of aryl methyl sites for hydroxylation is 2. The topological polar surface area (TPSA) is 97.1 Å². The molecular formula is C25H24N4O3. The van der Waals surface area contributed by atoms with Crippen molar-refractivity contribution < 1.29 is 14.1 Å². The molecule has 0 atom stereocenters. The maximum absolute atomic E-state index is 13.1. The first-order valence-corrected chi connectivity index (χ1v) is 10.4. The Hall–Kier alpha value is -4.00. The zero-order valence-corrected chi connectivity index (χ0v) is 18.2. The molecule has 0 unspecified atom stereocenters. The van der Waals surface area contributed by atoms with Crippen molar-refractivity contribution in [2.45, 2.75) is 27.2 Å². The average molecular weight is 428 g/mol. The number of aromatic nitrogens is 2. The molecule has 0 aliphatic carbocycles. The molecule has 0 aliphatic heterocycles. The Labute approximate surface area is 185 Å². The maximum atomic E-state index is 13.1. The Kier molecular flexibility index (Phi) is 5.98. The quantitative estimate of drug-likeness (QED) is 0.473. The number of hydrogen-bond acceptors (Lipinski definition) is 5. The highest BCUT2D eigenvalue weighted by molar-refractivity contribution is 6.07. The van der Waals surface area contributed by atoms with Crippen molar-refractivity contribution in [1.29, 1.82) is 0 Å². The van der Waals surface area contributed by atoms with Crippen molar-refractivity contribution in [3.63, 3.8) is 0 Å². The second kappa shape index (κ2) is 9.01. The zero-order valence-electron chi connectivity index (χ0n) is 18.2. The molecule has 2 N–H and O–H groups in total. The van der Waals surface area contributed by atoms with Gasteiger partial charge in [0.25, 0.3) is 5.91 Å². The van der Waals surface area contributed by atoms with Crippen LogP contribution in [0.2, 0.25) is 0 Å². The fourth-order valence-electron chi connectivity index (χ4n) is 3.69. The van der Waals surface area contributed by atoms with E-state index in [1.807, 2.05) is 62.4 Å². The highest BCUT2D eigenvalue weighted by Crippen LogP contribution is 2.26. The number of benzene rings is 2. The first kappa shape index (κ1) is 21.2. The molecule has 32 heavy (non-hydrogen) atoms. The minimum Gasteiger partial charge on any atom is -0.361 e. The fraction of sp³-hybridized carbons (Fsp3) is 0.200. The van der Waals surface area contributed by atoms with Crippen LogP contribution in [0.25, 0.3) is 22.2 Å². The van der Waals surface area contributed by atoms with Crippen molar-refractivity contribution >= 4 is 28.4 Å². The minimum atomic E-state index is -0.161. The van der Waals surface area contributed by atoms with Crippen LogP contribution >= 0.6 is 0 Å². The van der Waals surface area contributed by atoms with E-state index in [1.165, 1.54) is 6.92 Å². The number of nitrogens with zero attached hydrogens (tertiary/aromatic N) is 2. The van der Waals surface area contributed by atoms with E-state index in [4.69, 9.17) is 9.51 Å². The van der Waals surface area contributed by atoms with Crippen LogP contribution in [0, 0.1) is 13.8 Å². The number of anilines is 1. The van der Waals surface area contributed by atoms with E-state index in [0.29, 0.717) is 29.9 Å². The lowest BCUT2D eigenvalue weighted by Gasteiger charge is -2.11. The van der Waals surface area contributed by atoms with Crippen LogP contribution in [0.1, 0.15) is 34.3 Å². The highest BCUT2D eigenvalue weighted by atomic mass is 16.5. The van der Waals surface area contributed by atoms with Gasteiger partial charge >= 0.3 is 0 Å². The minimum absolute atomic E-state index is 0.128. The van der Waals surface area contributed by atoms with E-state index in [1.54, 1.807) is 6.07 Å². The van der Waals surface area contributed by atoms with Crippen LogP contribution in [0.15, 0.2) is 59.1 Å². The molecule has 0 bridgehead atoms. The SMILES string of the molecule is CC(=O)Nc1ccc(-c2cc(C(=O)NCCc3c(C)noc3C)c3ccccc3n2)cc1. The van der Waals surface area contributed by atoms with Crippen molar-refractivity contribution in [1.82, 2.24) is 15.5 Å². The summed E-state index contributed by atoms with van der Waals surface area (Å²) in [4.78, 5) is 29.1. The lowest BCUT2D eigenvalue weighted by Crippen LogP contribution is -2.26. The summed E-state index contributed by atoms with van der Waals surface area (Å²) >= 11 is 0. The molecule has 0 saturated heterocycles. The Balaban J connectivity index is 1.60. The van der Waals surface area contributed by atoms with Crippen molar-refractivity contribution in [3.05, 3.63) is 77.2 Å². The van der Waals surface area contributed by atoms with Gasteiger partial charge in [-0.05, 0) is 44.5 Å². The van der Waals surface area contributed by atoms with Crippen LogP contribution in [-0.4, -0.2) is 28.5 Å². The van der Waals surface area contributed by atoms with E-state index < -0.39 is 0 Å². The van der Waals surface area contributed by atoms with E-state index in [0.717, 1.165) is 33.5 Å². The smallest absolute Gasteiger partial charge is 0.252 e. The summed E-state index contributed by atoms with van der Waals surface area (Å²) in [5.74, 6) is 0.486. The monoisotopic (exact) mass is 428 g/mol. The van der Waals surface area contributed by atoms with Gasteiger partial charge in [0.05, 0.1) is 22.5 Å². The Morgan fingerprint density at radius 3 is 2.47 bits per heavy atom. The summed E-state index contributed by atoms with van der Waals surface area (Å²) in [6.45, 7) is 5.71. The van der Waals surface area contributed by atoms with E-state index in [9.17, 15) is 9.59 Å². The molecule has 4 aromatic rings. The van der Waals surface area contributed by atoms with Crippen molar-refractivity contribution in [3.8, 4) is 11.3 Å². The van der Waals surface area contributed by atoms with Gasteiger partial charge in [-0.25, -0.2) is 4.98 Å². The third-order valence-electron chi connectivity index (χ3n) is 5.30. The molecule has 2 amide bonds. The van der Waals surface area contributed by atoms with Gasteiger partial charge in [-0.1, -0.05) is 35.5 Å². The number of carbonyl (C=O) groups is 2. The lowest BCUT2D eigenvalue weighted by molar-refractivity contribution is -0.114. The molecule has 162 valence electrons. The van der Waals surface area contributed by atoms with Crippen LogP contribution in [-0.2, 0) is 11.2 Å². The number of rotatable bonds is 6. The summed E-state index contributed by atoms with van der Waals surface area (Å²) in [5.41, 5.74) is 5.42. The molecule has 4 rings (SSSR count). The van der Waals surface area contributed by atoms with Gasteiger partial charge in [0.15, 0.2) is 0 Å². The van der Waals surface area contributed by atoms with E-state index in [-0.39, 0.29) is 11.8 Å². The molecule has 2 heterocycles. The molecule has 0 aliphatic rings. The molecule has 7 nitrogen and oxygen atoms in total. The predicted octanol–water partition coefficient (Wildman–Crippen LogP) is 4.44. The number of hydrogen-bond donors (Lipinski definition) is 2. The second-order valence-corrected chi connectivity index (χ2v) is 7.64. The van der Waals surface area contributed by atoms with E-state index >= 15 is 0 Å². The van der Waals surface area contributed by atoms with Crippen LogP contribution in [0.3, 0.4) is 0 Å². The fourth-order valence-corrected chi connectivity index (χ4v) is 3.69. The molecule has 0 saturated carbocycles. The van der Waals surface area contributed by atoms with Gasteiger partial charge in [-0.2, -0.15) is 0 Å². The van der Waals surface area contributed by atoms with Gasteiger partial charge in [0, 0.05) is 35.7 Å². The maximum Gasteiger partial charge on any atom is 0.252 e. The normalized spacial score (nSPS) is 10.8. The van der Waals surface area contributed by atoms with Crippen molar-refractivity contribution in [2.24, 2.45) is 0 Å². The standard InChI is InChI=1S/C25H24N4O3/c1-15-20(16(2)32-29-15)12-13-26-25(31)22-14-24(28-23-7-5-4-6-21(22)23)18-8-10-19(11-9-18)27-17(3)30/h4-11,14H,12-13H2,1-3H3,(H,26,31)(H,27,30). The average Bonchev–Trinajstić information content (AvgIpc) is 3.10. The predicted molar refractivity (Wildman–Crippen MR) is 123 cm³/mol. The summed E-state index contributed by atoms with van der Waals surface area (Å²) in [6.07, 6.45) is 0.646. The van der Waals surface area contributed by atoms with Gasteiger partial charge in [0.1, 0.15) is 5.76 Å². The molecule has 0 spiro atoms. The van der Waals surface area contributed by atoms with Crippen LogP contribution < -0.4 is 10.6 Å². The number of fused-ring (bicyclic) bond motifs is 1. The van der Waals surface area contributed by atoms with Crippen molar-refractivity contribution in [2.75, 3.05) is 11.9 Å². The molecule has 7 heteroatoms. The molecule has 2 aromatic carbocycles. The van der Waals surface area contributed by atoms with Gasteiger partial charge in [0.2, 0.25) is 5.91 Å². The highest BCUT2D eigenvalue weighted by Gasteiger charge is 2.15. The van der Waals surface area contributed by atoms with Crippen LogP contribution in [0.5, 0.6) is 0 Å². The molecule has 0 radical (unpaired) electrons. The number of carbonyl (C=O) groups excluding carboxylic acids is 2. The Morgan fingerprint density at radius 1 is 1.03 bits per heavy atom. The largest absolute Gasteiger partial charge is 0.361 e.